The molecule has 4 nitrogen and oxygen atoms in total. The van der Waals surface area contributed by atoms with Gasteiger partial charge in [-0.25, -0.2) is 0 Å². The maximum absolute atomic E-state index is 12.0. The molecule has 0 unspecified atom stereocenters. The van der Waals surface area contributed by atoms with Gasteiger partial charge in [0.1, 0.15) is 0 Å². The van der Waals surface area contributed by atoms with Crippen LogP contribution in [-0.2, 0) is 9.59 Å². The Kier molecular flexibility index (Phi) is 8.86. The fraction of sp³-hybridized carbons (Fsp3) is 0.778. The minimum absolute atomic E-state index is 0.0660. The van der Waals surface area contributed by atoms with Crippen molar-refractivity contribution in [2.45, 2.75) is 65.7 Å². The van der Waals surface area contributed by atoms with E-state index in [0.29, 0.717) is 12.8 Å². The normalized spacial score (nSPS) is 15.9. The predicted octanol–water partition coefficient (Wildman–Crippen LogP) is 3.28. The van der Waals surface area contributed by atoms with E-state index in [1.807, 2.05) is 25.7 Å². The maximum atomic E-state index is 12.0. The minimum Gasteiger partial charge on any atom is -0.356 e. The van der Waals surface area contributed by atoms with Crippen molar-refractivity contribution in [3.05, 3.63) is 11.6 Å². The summed E-state index contributed by atoms with van der Waals surface area (Å²) in [5.74, 6) is 0.316. The molecule has 126 valence electrons. The average molecular weight is 308 g/mol. The summed E-state index contributed by atoms with van der Waals surface area (Å²) in [5.41, 5.74) is 1.48. The van der Waals surface area contributed by atoms with Crippen molar-refractivity contribution in [1.82, 2.24) is 10.2 Å². The second-order valence-electron chi connectivity index (χ2n) is 6.29. The number of hydrogen-bond acceptors (Lipinski definition) is 2. The van der Waals surface area contributed by atoms with E-state index in [1.54, 1.807) is 0 Å². The Morgan fingerprint density at radius 2 is 1.95 bits per heavy atom. The van der Waals surface area contributed by atoms with Crippen LogP contribution in [0.3, 0.4) is 0 Å². The number of nitrogens with one attached hydrogen (secondary N) is 1. The molecular weight excluding hydrogens is 276 g/mol. The Labute approximate surface area is 135 Å². The van der Waals surface area contributed by atoms with E-state index >= 15 is 0 Å². The smallest absolute Gasteiger partial charge is 0.222 e. The van der Waals surface area contributed by atoms with Gasteiger partial charge in [-0.3, -0.25) is 9.59 Å². The Bertz CT molecular complexity index is 387. The lowest BCUT2D eigenvalue weighted by molar-refractivity contribution is -0.132. The third-order valence-electron chi connectivity index (χ3n) is 4.33. The molecule has 22 heavy (non-hydrogen) atoms. The summed E-state index contributed by atoms with van der Waals surface area (Å²) in [4.78, 5) is 25.8. The summed E-state index contributed by atoms with van der Waals surface area (Å²) in [7, 11) is 0. The molecule has 0 fully saturated rings. The highest BCUT2D eigenvalue weighted by Gasteiger charge is 2.16. The van der Waals surface area contributed by atoms with Crippen molar-refractivity contribution in [3.63, 3.8) is 0 Å². The monoisotopic (exact) mass is 308 g/mol. The molecule has 0 aliphatic heterocycles. The summed E-state index contributed by atoms with van der Waals surface area (Å²) in [6, 6.07) is 0. The van der Waals surface area contributed by atoms with Crippen molar-refractivity contribution < 1.29 is 9.59 Å². The molecule has 1 aliphatic carbocycles. The van der Waals surface area contributed by atoms with Gasteiger partial charge < -0.3 is 10.2 Å². The van der Waals surface area contributed by atoms with Gasteiger partial charge in [-0.15, -0.1) is 0 Å². The van der Waals surface area contributed by atoms with Crippen LogP contribution in [0.15, 0.2) is 11.6 Å². The molecule has 0 saturated heterocycles. The highest BCUT2D eigenvalue weighted by Crippen LogP contribution is 2.19. The van der Waals surface area contributed by atoms with Gasteiger partial charge in [-0.2, -0.15) is 0 Å². The van der Waals surface area contributed by atoms with Gasteiger partial charge in [0.2, 0.25) is 11.8 Å². The second kappa shape index (κ2) is 10.4. The fourth-order valence-corrected chi connectivity index (χ4v) is 2.96. The van der Waals surface area contributed by atoms with Gasteiger partial charge in [0.15, 0.2) is 0 Å². The lowest BCUT2D eigenvalue weighted by Gasteiger charge is -2.20. The molecule has 0 radical (unpaired) electrons. The number of nitrogens with zero attached hydrogens (tertiary/aromatic N) is 1. The molecule has 0 spiro atoms. The van der Waals surface area contributed by atoms with E-state index in [2.05, 4.69) is 11.4 Å². The number of rotatable bonds is 9. The lowest BCUT2D eigenvalue weighted by atomic mass is 9.97. The highest BCUT2D eigenvalue weighted by atomic mass is 16.2. The van der Waals surface area contributed by atoms with Crippen LogP contribution in [0.4, 0.5) is 0 Å². The number of carbonyl (C=O) groups excluding carboxylic acids is 2. The zero-order valence-corrected chi connectivity index (χ0v) is 14.5. The van der Waals surface area contributed by atoms with Gasteiger partial charge in [0, 0.05) is 32.5 Å². The molecule has 0 bridgehead atoms. The molecule has 0 saturated carbocycles. The zero-order chi connectivity index (χ0) is 16.4. The standard InChI is InChI=1S/C18H32N2O2/c1-4-20(5-2)18(22)14-15(3)13-17(21)19-12-11-16-9-7-6-8-10-16/h9,15H,4-8,10-14H2,1-3H3,(H,19,21)/t15-/m1/s1. The average Bonchev–Trinajstić information content (AvgIpc) is 2.49. The maximum Gasteiger partial charge on any atom is 0.222 e. The summed E-state index contributed by atoms with van der Waals surface area (Å²) < 4.78 is 0. The van der Waals surface area contributed by atoms with Crippen LogP contribution in [0.25, 0.3) is 0 Å². The first-order valence-electron chi connectivity index (χ1n) is 8.79. The highest BCUT2D eigenvalue weighted by molar-refractivity contribution is 5.79. The van der Waals surface area contributed by atoms with Crippen molar-refractivity contribution in [2.24, 2.45) is 5.92 Å². The van der Waals surface area contributed by atoms with Crippen molar-refractivity contribution in [1.29, 1.82) is 0 Å². The predicted molar refractivity (Wildman–Crippen MR) is 90.5 cm³/mol. The Hall–Kier alpha value is -1.32. The van der Waals surface area contributed by atoms with Crippen LogP contribution < -0.4 is 5.32 Å². The topological polar surface area (TPSA) is 49.4 Å². The molecule has 0 heterocycles. The Morgan fingerprint density at radius 1 is 1.23 bits per heavy atom. The van der Waals surface area contributed by atoms with Gasteiger partial charge >= 0.3 is 0 Å². The molecule has 0 aromatic carbocycles. The molecule has 1 N–H and O–H groups in total. The summed E-state index contributed by atoms with van der Waals surface area (Å²) in [6.45, 7) is 8.15. The van der Waals surface area contributed by atoms with Crippen LogP contribution in [0, 0.1) is 5.92 Å². The quantitative estimate of drug-likeness (QED) is 0.665. The Morgan fingerprint density at radius 3 is 2.55 bits per heavy atom. The SMILES string of the molecule is CCN(CC)C(=O)C[C@H](C)CC(=O)NCCC1=CCCCC1. The first-order valence-corrected chi connectivity index (χ1v) is 8.79. The molecule has 1 atom stereocenters. The van der Waals surface area contributed by atoms with Crippen LogP contribution in [0.1, 0.15) is 65.7 Å². The Balaban J connectivity index is 2.20. The second-order valence-corrected chi connectivity index (χ2v) is 6.29. The number of carbonyl (C=O) groups is 2. The first kappa shape index (κ1) is 18.7. The van der Waals surface area contributed by atoms with E-state index in [-0.39, 0.29) is 17.7 Å². The zero-order valence-electron chi connectivity index (χ0n) is 14.5. The van der Waals surface area contributed by atoms with E-state index in [9.17, 15) is 9.59 Å². The lowest BCUT2D eigenvalue weighted by Crippen LogP contribution is -2.33. The molecule has 0 aromatic heterocycles. The van der Waals surface area contributed by atoms with E-state index in [0.717, 1.165) is 26.1 Å². The summed E-state index contributed by atoms with van der Waals surface area (Å²) >= 11 is 0. The van der Waals surface area contributed by atoms with Crippen molar-refractivity contribution >= 4 is 11.8 Å². The van der Waals surface area contributed by atoms with E-state index in [1.165, 1.54) is 31.3 Å². The first-order chi connectivity index (χ1) is 10.6. The van der Waals surface area contributed by atoms with Crippen molar-refractivity contribution in [2.75, 3.05) is 19.6 Å². The van der Waals surface area contributed by atoms with Gasteiger partial charge in [-0.1, -0.05) is 18.6 Å². The molecule has 1 rings (SSSR count). The van der Waals surface area contributed by atoms with Crippen LogP contribution in [0.2, 0.25) is 0 Å². The largest absolute Gasteiger partial charge is 0.356 e. The van der Waals surface area contributed by atoms with Gasteiger partial charge in [0.25, 0.3) is 0 Å². The van der Waals surface area contributed by atoms with Gasteiger partial charge in [-0.05, 0) is 51.9 Å². The van der Waals surface area contributed by atoms with Crippen LogP contribution in [-0.4, -0.2) is 36.3 Å². The number of hydrogen-bond donors (Lipinski definition) is 1. The van der Waals surface area contributed by atoms with Crippen molar-refractivity contribution in [3.8, 4) is 0 Å². The molecule has 1 aliphatic rings. The van der Waals surface area contributed by atoms with Crippen LogP contribution >= 0.6 is 0 Å². The van der Waals surface area contributed by atoms with Gasteiger partial charge in [0.05, 0.1) is 0 Å². The number of allylic oxidation sites excluding steroid dienone is 1. The van der Waals surface area contributed by atoms with E-state index < -0.39 is 0 Å². The molecule has 4 heteroatoms. The van der Waals surface area contributed by atoms with E-state index in [4.69, 9.17) is 0 Å². The summed E-state index contributed by atoms with van der Waals surface area (Å²) in [5, 5.41) is 2.99. The van der Waals surface area contributed by atoms with Crippen LogP contribution in [0.5, 0.6) is 0 Å². The fourth-order valence-electron chi connectivity index (χ4n) is 2.96. The minimum atomic E-state index is 0.0660. The summed E-state index contributed by atoms with van der Waals surface area (Å²) in [6.07, 6.45) is 9.14. The third-order valence-corrected chi connectivity index (χ3v) is 4.33. The number of amides is 2. The molecule has 2 amide bonds. The molecular formula is C18H32N2O2. The third kappa shape index (κ3) is 7.10. The molecule has 0 aromatic rings.